The summed E-state index contributed by atoms with van der Waals surface area (Å²) in [7, 11) is 2.60. The highest BCUT2D eigenvalue weighted by molar-refractivity contribution is 7.27. The summed E-state index contributed by atoms with van der Waals surface area (Å²) in [4.78, 5) is 0. The van der Waals surface area contributed by atoms with E-state index >= 15 is 0 Å². The van der Waals surface area contributed by atoms with Gasteiger partial charge in [0.05, 0.1) is 0 Å². The van der Waals surface area contributed by atoms with Gasteiger partial charge in [0.1, 0.15) is 0 Å². The summed E-state index contributed by atoms with van der Waals surface area (Å²) in [6.07, 6.45) is 0. The van der Waals surface area contributed by atoms with Gasteiger partial charge in [-0.3, -0.25) is 0 Å². The first-order chi connectivity index (χ1) is 7.18. The third-order valence-corrected chi connectivity index (χ3v) is 2.62. The molecule has 2 nitrogen and oxygen atoms in total. The standard InChI is InChI=1S/C12H11O2P/c13-11-3-1-2-10(12(11)14)8-4-6-9(15)7-5-8/h1-7,13-14H,15H2. The number of benzene rings is 2. The monoisotopic (exact) mass is 218 g/mol. The fraction of sp³-hybridized carbons (Fsp3) is 0. The number of para-hydroxylation sites is 1. The molecular weight excluding hydrogens is 207 g/mol. The number of hydrogen-bond acceptors (Lipinski definition) is 2. The van der Waals surface area contributed by atoms with Crippen molar-refractivity contribution < 1.29 is 10.2 Å². The van der Waals surface area contributed by atoms with Gasteiger partial charge in [-0.15, -0.1) is 9.24 Å². The predicted molar refractivity (Wildman–Crippen MR) is 64.6 cm³/mol. The molecule has 2 aromatic carbocycles. The highest BCUT2D eigenvalue weighted by atomic mass is 31.0. The van der Waals surface area contributed by atoms with Crippen molar-refractivity contribution >= 4 is 14.5 Å². The van der Waals surface area contributed by atoms with Crippen molar-refractivity contribution in [3.05, 3.63) is 42.5 Å². The van der Waals surface area contributed by atoms with Crippen molar-refractivity contribution in [3.63, 3.8) is 0 Å². The molecular formula is C12H11O2P. The van der Waals surface area contributed by atoms with Gasteiger partial charge in [-0.25, -0.2) is 0 Å². The maximum absolute atomic E-state index is 9.67. The number of phenols is 2. The minimum absolute atomic E-state index is 0.0750. The molecule has 3 heteroatoms. The number of aromatic hydroxyl groups is 2. The lowest BCUT2D eigenvalue weighted by molar-refractivity contribution is 0.405. The van der Waals surface area contributed by atoms with Gasteiger partial charge in [0.2, 0.25) is 0 Å². The van der Waals surface area contributed by atoms with Crippen LogP contribution in [0, 0.1) is 0 Å². The Hall–Kier alpha value is -1.53. The van der Waals surface area contributed by atoms with Crippen molar-refractivity contribution in [1.82, 2.24) is 0 Å². The number of phenolic OH excluding ortho intramolecular Hbond substituents is 2. The van der Waals surface area contributed by atoms with Crippen molar-refractivity contribution in [2.45, 2.75) is 0 Å². The van der Waals surface area contributed by atoms with Crippen LogP contribution in [0.1, 0.15) is 0 Å². The second-order valence-electron chi connectivity index (χ2n) is 3.30. The van der Waals surface area contributed by atoms with Gasteiger partial charge in [-0.1, -0.05) is 36.4 Å². The van der Waals surface area contributed by atoms with E-state index in [9.17, 15) is 10.2 Å². The Morgan fingerprint density at radius 3 is 2.20 bits per heavy atom. The Morgan fingerprint density at radius 1 is 0.867 bits per heavy atom. The zero-order valence-electron chi connectivity index (χ0n) is 8.01. The molecule has 0 aliphatic rings. The van der Waals surface area contributed by atoms with Crippen LogP contribution in [0.3, 0.4) is 0 Å². The van der Waals surface area contributed by atoms with E-state index in [4.69, 9.17) is 0 Å². The van der Waals surface area contributed by atoms with Crippen LogP contribution >= 0.6 is 9.24 Å². The quantitative estimate of drug-likeness (QED) is 0.569. The summed E-state index contributed by atoms with van der Waals surface area (Å²) in [5.74, 6) is -0.170. The van der Waals surface area contributed by atoms with E-state index < -0.39 is 0 Å². The Bertz CT molecular complexity index is 477. The van der Waals surface area contributed by atoms with Crippen LogP contribution in [-0.2, 0) is 0 Å². The van der Waals surface area contributed by atoms with Crippen molar-refractivity contribution in [2.75, 3.05) is 0 Å². The molecule has 0 aliphatic heterocycles. The van der Waals surface area contributed by atoms with Gasteiger partial charge < -0.3 is 10.2 Å². The summed E-state index contributed by atoms with van der Waals surface area (Å²) in [5, 5.41) is 20.1. The second kappa shape index (κ2) is 3.92. The molecule has 0 heterocycles. The van der Waals surface area contributed by atoms with Crippen LogP contribution in [0.2, 0.25) is 0 Å². The normalized spacial score (nSPS) is 10.2. The largest absolute Gasteiger partial charge is 0.504 e. The van der Waals surface area contributed by atoms with Crippen LogP contribution < -0.4 is 5.30 Å². The van der Waals surface area contributed by atoms with Crippen LogP contribution in [-0.4, -0.2) is 10.2 Å². The average Bonchev–Trinajstić information content (AvgIpc) is 2.24. The lowest BCUT2D eigenvalue weighted by Gasteiger charge is -2.06. The van der Waals surface area contributed by atoms with E-state index in [1.54, 1.807) is 12.1 Å². The Balaban J connectivity index is 2.54. The third kappa shape index (κ3) is 1.95. The van der Waals surface area contributed by atoms with E-state index in [1.807, 2.05) is 24.3 Å². The molecule has 1 atom stereocenters. The molecule has 2 N–H and O–H groups in total. The molecule has 0 amide bonds. The van der Waals surface area contributed by atoms with Gasteiger partial charge in [-0.2, -0.15) is 0 Å². The van der Waals surface area contributed by atoms with E-state index in [1.165, 1.54) is 6.07 Å². The van der Waals surface area contributed by atoms with Gasteiger partial charge in [0.25, 0.3) is 0 Å². The zero-order chi connectivity index (χ0) is 10.8. The Kier molecular flexibility index (Phi) is 2.61. The van der Waals surface area contributed by atoms with Crippen LogP contribution in [0.25, 0.3) is 11.1 Å². The van der Waals surface area contributed by atoms with Crippen LogP contribution in [0.4, 0.5) is 0 Å². The van der Waals surface area contributed by atoms with Gasteiger partial charge in [0, 0.05) is 5.56 Å². The van der Waals surface area contributed by atoms with Gasteiger partial charge in [0.15, 0.2) is 11.5 Å². The summed E-state index contributed by atoms with van der Waals surface area (Å²) in [5.41, 5.74) is 1.52. The maximum atomic E-state index is 9.67. The molecule has 0 fully saturated rings. The molecule has 0 saturated heterocycles. The van der Waals surface area contributed by atoms with Crippen LogP contribution in [0.5, 0.6) is 11.5 Å². The summed E-state index contributed by atoms with van der Waals surface area (Å²) in [6.45, 7) is 0. The van der Waals surface area contributed by atoms with E-state index in [0.717, 1.165) is 10.9 Å². The van der Waals surface area contributed by atoms with E-state index in [2.05, 4.69) is 9.24 Å². The predicted octanol–water partition coefficient (Wildman–Crippen LogP) is 2.27. The minimum Gasteiger partial charge on any atom is -0.504 e. The molecule has 76 valence electrons. The average molecular weight is 218 g/mol. The lowest BCUT2D eigenvalue weighted by Crippen LogP contribution is -1.88. The molecule has 2 rings (SSSR count). The molecule has 0 bridgehead atoms. The molecule has 0 radical (unpaired) electrons. The summed E-state index contributed by atoms with van der Waals surface area (Å²) >= 11 is 0. The Morgan fingerprint density at radius 2 is 1.53 bits per heavy atom. The molecule has 2 aromatic rings. The van der Waals surface area contributed by atoms with E-state index in [0.29, 0.717) is 5.56 Å². The molecule has 0 aromatic heterocycles. The number of hydrogen-bond donors (Lipinski definition) is 2. The highest BCUT2D eigenvalue weighted by Gasteiger charge is 2.07. The first-order valence-corrected chi connectivity index (χ1v) is 5.13. The smallest absolute Gasteiger partial charge is 0.165 e. The summed E-state index contributed by atoms with van der Waals surface area (Å²) < 4.78 is 0. The first-order valence-electron chi connectivity index (χ1n) is 4.55. The van der Waals surface area contributed by atoms with Crippen molar-refractivity contribution in [3.8, 4) is 22.6 Å². The minimum atomic E-state index is -0.0950. The van der Waals surface area contributed by atoms with E-state index in [-0.39, 0.29) is 11.5 Å². The molecule has 0 aliphatic carbocycles. The fourth-order valence-corrected chi connectivity index (χ4v) is 1.62. The zero-order valence-corrected chi connectivity index (χ0v) is 9.17. The topological polar surface area (TPSA) is 40.5 Å². The first kappa shape index (κ1) is 10.0. The SMILES string of the molecule is Oc1cccc(-c2ccc(P)cc2)c1O. The summed E-state index contributed by atoms with van der Waals surface area (Å²) in [6, 6.07) is 12.6. The lowest BCUT2D eigenvalue weighted by atomic mass is 10.0. The third-order valence-electron chi connectivity index (χ3n) is 2.24. The maximum Gasteiger partial charge on any atom is 0.165 e. The Labute approximate surface area is 90.4 Å². The van der Waals surface area contributed by atoms with Crippen LogP contribution in [0.15, 0.2) is 42.5 Å². The molecule has 15 heavy (non-hydrogen) atoms. The van der Waals surface area contributed by atoms with Crippen molar-refractivity contribution in [2.24, 2.45) is 0 Å². The highest BCUT2D eigenvalue weighted by Crippen LogP contribution is 2.35. The number of rotatable bonds is 1. The van der Waals surface area contributed by atoms with Crippen molar-refractivity contribution in [1.29, 1.82) is 0 Å². The van der Waals surface area contributed by atoms with Gasteiger partial charge in [-0.05, 0) is 16.9 Å². The molecule has 0 saturated carbocycles. The molecule has 1 unspecified atom stereocenters. The van der Waals surface area contributed by atoms with Gasteiger partial charge >= 0.3 is 0 Å². The second-order valence-corrected chi connectivity index (χ2v) is 3.96. The molecule has 0 spiro atoms. The fourth-order valence-electron chi connectivity index (χ4n) is 1.43.